The summed E-state index contributed by atoms with van der Waals surface area (Å²) in [4.78, 5) is 11.2. The summed E-state index contributed by atoms with van der Waals surface area (Å²) in [6.07, 6.45) is 6.25. The van der Waals surface area contributed by atoms with Crippen LogP contribution in [0.1, 0.15) is 26.7 Å². The maximum atomic E-state index is 11.2. The second kappa shape index (κ2) is 4.45. The van der Waals surface area contributed by atoms with E-state index in [9.17, 15) is 4.79 Å². The van der Waals surface area contributed by atoms with Crippen molar-refractivity contribution in [3.63, 3.8) is 0 Å². The largest absolute Gasteiger partial charge is 0.469 e. The second-order valence-electron chi connectivity index (χ2n) is 3.80. The summed E-state index contributed by atoms with van der Waals surface area (Å²) in [5.74, 6) is 1.14. The lowest BCUT2D eigenvalue weighted by Crippen LogP contribution is -2.15. The minimum Gasteiger partial charge on any atom is -0.469 e. The fourth-order valence-corrected chi connectivity index (χ4v) is 1.78. The van der Waals surface area contributed by atoms with Crippen LogP contribution in [0.2, 0.25) is 0 Å². The quantitative estimate of drug-likeness (QED) is 0.495. The molecule has 0 radical (unpaired) electrons. The molecule has 2 heteroatoms. The summed E-state index contributed by atoms with van der Waals surface area (Å²) < 4.78 is 4.71. The van der Waals surface area contributed by atoms with Crippen LogP contribution in [-0.2, 0) is 9.53 Å². The highest BCUT2D eigenvalue weighted by molar-refractivity contribution is 5.74. The maximum absolute atomic E-state index is 11.2. The van der Waals surface area contributed by atoms with E-state index in [0.29, 0.717) is 11.8 Å². The highest BCUT2D eigenvalue weighted by atomic mass is 16.5. The van der Waals surface area contributed by atoms with E-state index in [4.69, 9.17) is 4.74 Å². The van der Waals surface area contributed by atoms with Gasteiger partial charge in [-0.15, -0.1) is 0 Å². The Labute approximate surface area is 80.0 Å². The lowest BCUT2D eigenvalue weighted by molar-refractivity contribution is -0.143. The Morgan fingerprint density at radius 1 is 1.62 bits per heavy atom. The molecule has 0 fully saturated rings. The molecule has 3 atom stereocenters. The van der Waals surface area contributed by atoms with E-state index < -0.39 is 0 Å². The Bertz CT molecular complexity index is 208. The Morgan fingerprint density at radius 3 is 2.85 bits per heavy atom. The van der Waals surface area contributed by atoms with Gasteiger partial charge in [-0.2, -0.15) is 0 Å². The third kappa shape index (κ3) is 2.33. The molecule has 0 aromatic rings. The molecule has 74 valence electrons. The highest BCUT2D eigenvalue weighted by Crippen LogP contribution is 2.31. The first-order chi connectivity index (χ1) is 6.19. The predicted octanol–water partition coefficient (Wildman–Crippen LogP) is 2.40. The molecule has 0 saturated carbocycles. The molecule has 3 unspecified atom stereocenters. The number of allylic oxidation sites excluding steroid dienone is 1. The van der Waals surface area contributed by atoms with Gasteiger partial charge in [-0.3, -0.25) is 4.79 Å². The smallest absolute Gasteiger partial charge is 0.312 e. The van der Waals surface area contributed by atoms with Gasteiger partial charge in [0.15, 0.2) is 0 Å². The third-order valence-electron chi connectivity index (χ3n) is 3.00. The minimum atomic E-state index is -0.0953. The Hall–Kier alpha value is -0.790. The fourth-order valence-electron chi connectivity index (χ4n) is 1.78. The van der Waals surface area contributed by atoms with Crippen LogP contribution in [0.15, 0.2) is 12.2 Å². The zero-order valence-electron chi connectivity index (χ0n) is 8.62. The molecule has 1 aliphatic rings. The number of methoxy groups -OCH3 is 1. The Balaban J connectivity index is 2.46. The molecule has 13 heavy (non-hydrogen) atoms. The minimum absolute atomic E-state index is 0.00370. The van der Waals surface area contributed by atoms with Crippen molar-refractivity contribution in [1.29, 1.82) is 0 Å². The van der Waals surface area contributed by atoms with Gasteiger partial charge in [0.1, 0.15) is 0 Å². The van der Waals surface area contributed by atoms with E-state index in [1.54, 1.807) is 0 Å². The molecular weight excluding hydrogens is 164 g/mol. The van der Waals surface area contributed by atoms with Crippen molar-refractivity contribution in [3.05, 3.63) is 12.2 Å². The monoisotopic (exact) mass is 182 g/mol. The topological polar surface area (TPSA) is 26.3 Å². The van der Waals surface area contributed by atoms with Crippen molar-refractivity contribution >= 4 is 5.97 Å². The molecular formula is C11H18O2. The average Bonchev–Trinajstić information content (AvgIpc) is 2.64. The van der Waals surface area contributed by atoms with Gasteiger partial charge >= 0.3 is 5.97 Å². The van der Waals surface area contributed by atoms with E-state index in [0.717, 1.165) is 6.42 Å². The molecule has 0 aromatic heterocycles. The van der Waals surface area contributed by atoms with E-state index in [1.165, 1.54) is 13.5 Å². The van der Waals surface area contributed by atoms with Crippen molar-refractivity contribution in [2.75, 3.05) is 7.11 Å². The van der Waals surface area contributed by atoms with Gasteiger partial charge < -0.3 is 4.74 Å². The normalized spacial score (nSPS) is 28.8. The number of ether oxygens (including phenoxy) is 1. The summed E-state index contributed by atoms with van der Waals surface area (Å²) >= 11 is 0. The summed E-state index contributed by atoms with van der Waals surface area (Å²) in [7, 11) is 1.45. The van der Waals surface area contributed by atoms with Crippen molar-refractivity contribution in [2.24, 2.45) is 17.8 Å². The lowest BCUT2D eigenvalue weighted by Gasteiger charge is -2.16. The van der Waals surface area contributed by atoms with Gasteiger partial charge in [-0.05, 0) is 18.3 Å². The molecule has 0 amide bonds. The van der Waals surface area contributed by atoms with Gasteiger partial charge in [0.05, 0.1) is 13.0 Å². The van der Waals surface area contributed by atoms with Crippen LogP contribution in [0.3, 0.4) is 0 Å². The Kier molecular flexibility index (Phi) is 3.52. The summed E-state index contributed by atoms with van der Waals surface area (Å²) in [5, 5.41) is 0. The zero-order chi connectivity index (χ0) is 9.84. The number of carbonyl (C=O) groups is 1. The SMILES string of the molecule is CCC(C)C1C=CC(C(=O)OC)C1. The summed E-state index contributed by atoms with van der Waals surface area (Å²) in [6, 6.07) is 0. The van der Waals surface area contributed by atoms with Gasteiger partial charge in [-0.1, -0.05) is 32.4 Å². The maximum Gasteiger partial charge on any atom is 0.312 e. The molecule has 0 spiro atoms. The van der Waals surface area contributed by atoms with Crippen LogP contribution in [0.25, 0.3) is 0 Å². The van der Waals surface area contributed by atoms with Crippen LogP contribution in [0.5, 0.6) is 0 Å². The molecule has 2 nitrogen and oxygen atoms in total. The molecule has 0 heterocycles. The average molecular weight is 182 g/mol. The third-order valence-corrected chi connectivity index (χ3v) is 3.00. The first kappa shape index (κ1) is 10.3. The van der Waals surface area contributed by atoms with E-state index in [-0.39, 0.29) is 11.9 Å². The first-order valence-corrected chi connectivity index (χ1v) is 4.95. The van der Waals surface area contributed by atoms with E-state index in [2.05, 4.69) is 19.9 Å². The van der Waals surface area contributed by atoms with Crippen LogP contribution in [-0.4, -0.2) is 13.1 Å². The fraction of sp³-hybridized carbons (Fsp3) is 0.727. The second-order valence-corrected chi connectivity index (χ2v) is 3.80. The summed E-state index contributed by atoms with van der Waals surface area (Å²) in [6.45, 7) is 4.42. The number of rotatable bonds is 3. The lowest BCUT2D eigenvalue weighted by atomic mass is 9.89. The molecule has 0 saturated heterocycles. The number of esters is 1. The van der Waals surface area contributed by atoms with Crippen LogP contribution in [0, 0.1) is 17.8 Å². The van der Waals surface area contributed by atoms with Crippen LogP contribution in [0.4, 0.5) is 0 Å². The molecule has 0 aromatic carbocycles. The Morgan fingerprint density at radius 2 is 2.31 bits per heavy atom. The molecule has 1 aliphatic carbocycles. The molecule has 0 aliphatic heterocycles. The van der Waals surface area contributed by atoms with Gasteiger partial charge in [0.2, 0.25) is 0 Å². The van der Waals surface area contributed by atoms with Crippen molar-refractivity contribution in [2.45, 2.75) is 26.7 Å². The van der Waals surface area contributed by atoms with Gasteiger partial charge in [0, 0.05) is 0 Å². The summed E-state index contributed by atoms with van der Waals surface area (Å²) in [5.41, 5.74) is 0. The van der Waals surface area contributed by atoms with E-state index in [1.807, 2.05) is 6.08 Å². The molecule has 0 N–H and O–H groups in total. The number of carbonyl (C=O) groups excluding carboxylic acids is 1. The highest BCUT2D eigenvalue weighted by Gasteiger charge is 2.27. The zero-order valence-corrected chi connectivity index (χ0v) is 8.62. The van der Waals surface area contributed by atoms with Crippen molar-refractivity contribution in [1.82, 2.24) is 0 Å². The predicted molar refractivity (Wildman–Crippen MR) is 52.2 cm³/mol. The first-order valence-electron chi connectivity index (χ1n) is 4.95. The number of hydrogen-bond acceptors (Lipinski definition) is 2. The van der Waals surface area contributed by atoms with Crippen LogP contribution >= 0.6 is 0 Å². The van der Waals surface area contributed by atoms with Crippen LogP contribution < -0.4 is 0 Å². The molecule has 0 bridgehead atoms. The standard InChI is InChI=1S/C11H18O2/c1-4-8(2)9-5-6-10(7-9)11(12)13-3/h5-6,8-10H,4,7H2,1-3H3. The molecule has 1 rings (SSSR count). The van der Waals surface area contributed by atoms with Crippen molar-refractivity contribution < 1.29 is 9.53 Å². The van der Waals surface area contributed by atoms with Gasteiger partial charge in [0.25, 0.3) is 0 Å². The number of hydrogen-bond donors (Lipinski definition) is 0. The van der Waals surface area contributed by atoms with Crippen molar-refractivity contribution in [3.8, 4) is 0 Å². The van der Waals surface area contributed by atoms with E-state index >= 15 is 0 Å². The van der Waals surface area contributed by atoms with Gasteiger partial charge in [-0.25, -0.2) is 0 Å².